The molecule has 4 rings (SSSR count). The fourth-order valence-electron chi connectivity index (χ4n) is 4.52. The van der Waals surface area contributed by atoms with Gasteiger partial charge in [-0.15, -0.1) is 11.8 Å². The molecule has 3 aromatic rings. The number of ketones is 1. The van der Waals surface area contributed by atoms with Crippen molar-refractivity contribution in [2.75, 3.05) is 32.5 Å². The molecule has 1 aliphatic rings. The maximum atomic E-state index is 14.6. The Morgan fingerprint density at radius 2 is 2.21 bits per heavy atom. The van der Waals surface area contributed by atoms with Gasteiger partial charge in [0, 0.05) is 40.9 Å². The number of fused-ring (bicyclic) bond motifs is 1. The Hall–Kier alpha value is -2.49. The van der Waals surface area contributed by atoms with Gasteiger partial charge in [-0.05, 0) is 54.9 Å². The smallest absolute Gasteiger partial charge is 0.308 e. The van der Waals surface area contributed by atoms with E-state index in [1.165, 1.54) is 12.0 Å². The minimum absolute atomic E-state index is 0.00124. The van der Waals surface area contributed by atoms with Crippen LogP contribution in [0, 0.1) is 17.7 Å². The number of hydrogen-bond acceptors (Lipinski definition) is 7. The number of rotatable bonds is 10. The number of thioether (sulfide) groups is 1. The summed E-state index contributed by atoms with van der Waals surface area (Å²) >= 11 is 3.44. The molecule has 1 fully saturated rings. The zero-order valence-corrected chi connectivity index (χ0v) is 20.5. The highest BCUT2D eigenvalue weighted by molar-refractivity contribution is 7.99. The molecule has 0 spiro atoms. The number of Topliss-reactive ketones (excluding diaryl/α,β-unsaturated/α-hetero) is 1. The molecular weight excluding hydrogens is 475 g/mol. The van der Waals surface area contributed by atoms with Crippen molar-refractivity contribution in [2.45, 2.75) is 24.2 Å². The van der Waals surface area contributed by atoms with Crippen LogP contribution in [-0.4, -0.2) is 59.2 Å². The van der Waals surface area contributed by atoms with E-state index in [1.807, 2.05) is 5.38 Å². The third-order valence-electron chi connectivity index (χ3n) is 6.38. The molecule has 1 aliphatic heterocycles. The van der Waals surface area contributed by atoms with Gasteiger partial charge in [0.2, 0.25) is 0 Å². The van der Waals surface area contributed by atoms with E-state index in [0.717, 1.165) is 25.0 Å². The summed E-state index contributed by atoms with van der Waals surface area (Å²) in [5, 5.41) is 14.4. The van der Waals surface area contributed by atoms with Gasteiger partial charge >= 0.3 is 5.97 Å². The summed E-state index contributed by atoms with van der Waals surface area (Å²) in [6, 6.07) is 7.11. The highest BCUT2D eigenvalue weighted by Gasteiger charge is 2.34. The van der Waals surface area contributed by atoms with Crippen LogP contribution in [-0.2, 0) is 4.79 Å². The summed E-state index contributed by atoms with van der Waals surface area (Å²) in [7, 11) is 1.51. The van der Waals surface area contributed by atoms with Crippen molar-refractivity contribution in [3.8, 4) is 5.75 Å². The number of aliphatic carboxylic acids is 1. The first-order chi connectivity index (χ1) is 16.5. The van der Waals surface area contributed by atoms with Gasteiger partial charge in [-0.2, -0.15) is 11.3 Å². The van der Waals surface area contributed by atoms with Crippen molar-refractivity contribution < 1.29 is 23.8 Å². The van der Waals surface area contributed by atoms with Crippen LogP contribution in [0.2, 0.25) is 0 Å². The highest BCUT2D eigenvalue weighted by Crippen LogP contribution is 2.31. The van der Waals surface area contributed by atoms with Gasteiger partial charge in [0.05, 0.1) is 30.3 Å². The largest absolute Gasteiger partial charge is 0.497 e. The molecule has 0 bridgehead atoms. The summed E-state index contributed by atoms with van der Waals surface area (Å²) in [4.78, 5) is 32.5. The number of pyridine rings is 1. The second-order valence-electron chi connectivity index (χ2n) is 8.43. The van der Waals surface area contributed by atoms with E-state index < -0.39 is 17.7 Å². The number of carbonyl (C=O) groups is 2. The van der Waals surface area contributed by atoms with E-state index in [-0.39, 0.29) is 23.7 Å². The molecule has 0 saturated carbocycles. The summed E-state index contributed by atoms with van der Waals surface area (Å²) in [6.07, 6.45) is 2.28. The van der Waals surface area contributed by atoms with Crippen LogP contribution < -0.4 is 4.74 Å². The SMILES string of the molecule is COc1ccc2ncc(F)c(C(=O)CCC3CCN(CCSc4ccsc4)CC3C(=O)O)c2c1. The number of carboxylic acids is 1. The van der Waals surface area contributed by atoms with Crippen LogP contribution in [0.3, 0.4) is 0 Å². The summed E-state index contributed by atoms with van der Waals surface area (Å²) in [5.74, 6) is -1.07. The Kier molecular flexibility index (Phi) is 8.18. The molecule has 1 aromatic carbocycles. The first-order valence-corrected chi connectivity index (χ1v) is 13.1. The second kappa shape index (κ2) is 11.3. The van der Waals surface area contributed by atoms with Crippen molar-refractivity contribution in [1.29, 1.82) is 0 Å². The predicted octanol–water partition coefficient (Wildman–Crippen LogP) is 5.22. The van der Waals surface area contributed by atoms with Crippen LogP contribution in [0.15, 0.2) is 46.1 Å². The third-order valence-corrected chi connectivity index (χ3v) is 8.18. The minimum atomic E-state index is -0.835. The lowest BCUT2D eigenvalue weighted by Crippen LogP contribution is -2.44. The van der Waals surface area contributed by atoms with Crippen LogP contribution in [0.1, 0.15) is 29.6 Å². The van der Waals surface area contributed by atoms with Gasteiger partial charge in [-0.25, -0.2) is 4.39 Å². The van der Waals surface area contributed by atoms with Crippen molar-refractivity contribution >= 4 is 45.8 Å². The Bertz CT molecular complexity index is 1160. The summed E-state index contributed by atoms with van der Waals surface area (Å²) < 4.78 is 19.8. The second-order valence-corrected chi connectivity index (χ2v) is 10.4. The first-order valence-electron chi connectivity index (χ1n) is 11.2. The number of nitrogens with zero attached hydrogens (tertiary/aromatic N) is 2. The number of halogens is 1. The van der Waals surface area contributed by atoms with Crippen LogP contribution in [0.4, 0.5) is 4.39 Å². The van der Waals surface area contributed by atoms with Crippen molar-refractivity contribution in [3.63, 3.8) is 0 Å². The number of benzene rings is 1. The fourth-order valence-corrected chi connectivity index (χ4v) is 6.31. The number of ether oxygens (including phenoxy) is 1. The quantitative estimate of drug-likeness (QED) is 0.301. The Labute approximate surface area is 206 Å². The summed E-state index contributed by atoms with van der Waals surface area (Å²) in [6.45, 7) is 2.10. The lowest BCUT2D eigenvalue weighted by atomic mass is 9.81. The van der Waals surface area contributed by atoms with Gasteiger partial charge in [0.1, 0.15) is 5.75 Å². The highest BCUT2D eigenvalue weighted by atomic mass is 32.2. The standard InChI is InChI=1S/C25H27FN2O4S2/c1-32-17-3-4-22-19(12-17)24(21(26)13-27-22)23(29)5-2-16-6-8-28(14-20(16)25(30)31)9-11-34-18-7-10-33-15-18/h3-4,7,10,12-13,15-16,20H,2,5-6,8-9,11,14H2,1H3,(H,30,31). The van der Waals surface area contributed by atoms with Crippen molar-refractivity contribution in [1.82, 2.24) is 9.88 Å². The first kappa shape index (κ1) is 24.6. The number of piperidine rings is 1. The zero-order valence-electron chi connectivity index (χ0n) is 18.9. The van der Waals surface area contributed by atoms with E-state index in [2.05, 4.69) is 21.3 Å². The lowest BCUT2D eigenvalue weighted by Gasteiger charge is -2.36. The average Bonchev–Trinajstić information content (AvgIpc) is 3.36. The molecule has 2 atom stereocenters. The molecule has 3 heterocycles. The number of likely N-dealkylation sites (tertiary alicyclic amines) is 1. The molecule has 180 valence electrons. The molecule has 34 heavy (non-hydrogen) atoms. The van der Waals surface area contributed by atoms with E-state index in [1.54, 1.807) is 41.3 Å². The van der Waals surface area contributed by atoms with E-state index >= 15 is 0 Å². The molecule has 9 heteroatoms. The van der Waals surface area contributed by atoms with E-state index in [4.69, 9.17) is 4.74 Å². The van der Waals surface area contributed by atoms with Crippen LogP contribution in [0.25, 0.3) is 10.9 Å². The monoisotopic (exact) mass is 502 g/mol. The molecule has 0 amide bonds. The molecule has 0 aliphatic carbocycles. The van der Waals surface area contributed by atoms with Crippen molar-refractivity contribution in [2.24, 2.45) is 11.8 Å². The fraction of sp³-hybridized carbons (Fsp3) is 0.400. The van der Waals surface area contributed by atoms with E-state index in [0.29, 0.717) is 36.0 Å². The van der Waals surface area contributed by atoms with Gasteiger partial charge in [0.25, 0.3) is 0 Å². The van der Waals surface area contributed by atoms with E-state index in [9.17, 15) is 19.1 Å². The number of methoxy groups -OCH3 is 1. The van der Waals surface area contributed by atoms with Crippen LogP contribution >= 0.6 is 23.1 Å². The molecule has 0 radical (unpaired) electrons. The van der Waals surface area contributed by atoms with Gasteiger partial charge in [-0.1, -0.05) is 0 Å². The third kappa shape index (κ3) is 5.76. The number of carboxylic acid groups (broad SMARTS) is 1. The molecule has 2 aromatic heterocycles. The van der Waals surface area contributed by atoms with Gasteiger partial charge < -0.3 is 14.7 Å². The molecule has 1 N–H and O–H groups in total. The molecule has 2 unspecified atom stereocenters. The zero-order chi connectivity index (χ0) is 24.1. The maximum Gasteiger partial charge on any atom is 0.308 e. The average molecular weight is 503 g/mol. The maximum absolute atomic E-state index is 14.6. The van der Waals surface area contributed by atoms with Crippen LogP contribution in [0.5, 0.6) is 5.75 Å². The van der Waals surface area contributed by atoms with Gasteiger partial charge in [-0.3, -0.25) is 14.6 Å². The molecule has 1 saturated heterocycles. The summed E-state index contributed by atoms with van der Waals surface area (Å²) in [5.41, 5.74) is 0.515. The van der Waals surface area contributed by atoms with Gasteiger partial charge in [0.15, 0.2) is 11.6 Å². The normalized spacial score (nSPS) is 18.8. The Morgan fingerprint density at radius 1 is 1.35 bits per heavy atom. The topological polar surface area (TPSA) is 79.7 Å². The Morgan fingerprint density at radius 3 is 2.94 bits per heavy atom. The minimum Gasteiger partial charge on any atom is -0.497 e. The number of aromatic nitrogens is 1. The van der Waals surface area contributed by atoms with Crippen molar-refractivity contribution in [3.05, 3.63) is 52.6 Å². The lowest BCUT2D eigenvalue weighted by molar-refractivity contribution is -0.146. The predicted molar refractivity (Wildman–Crippen MR) is 133 cm³/mol. The molecular formula is C25H27FN2O4S2. The molecule has 6 nitrogen and oxygen atoms in total. The number of carbonyl (C=O) groups excluding carboxylic acids is 1. The number of hydrogen-bond donors (Lipinski definition) is 1. The Balaban J connectivity index is 1.38. The number of thiophene rings is 1.